The Labute approximate surface area is 239 Å². The van der Waals surface area contributed by atoms with Crippen LogP contribution >= 0.6 is 0 Å². The number of nitrogens with zero attached hydrogens (tertiary/aromatic N) is 3. The molecule has 2 N–H and O–H groups in total. The zero-order valence-corrected chi connectivity index (χ0v) is 24.4. The molecule has 4 atom stereocenters. The number of rotatable bonds is 7. The number of ether oxygens (including phenoxy) is 3. The largest absolute Gasteiger partial charge is 0.447 e. The second-order valence-electron chi connectivity index (χ2n) is 11.7. The molecule has 3 amide bonds. The average molecular weight is 582 g/mol. The normalized spacial score (nSPS) is 27.7. The number of fused-ring (bicyclic) bond motifs is 2. The van der Waals surface area contributed by atoms with Crippen LogP contribution in [-0.2, 0) is 31.2 Å². The van der Waals surface area contributed by atoms with Crippen molar-refractivity contribution in [2.45, 2.75) is 50.2 Å². The fourth-order valence-corrected chi connectivity index (χ4v) is 9.65. The molecule has 1 spiro atoms. The molecule has 0 bridgehead atoms. The Bertz CT molecular complexity index is 1400. The van der Waals surface area contributed by atoms with E-state index in [0.29, 0.717) is 48.7 Å². The monoisotopic (exact) mass is 581 g/mol. The lowest BCUT2D eigenvalue weighted by Crippen LogP contribution is -2.46. The number of hydrogen-bond donors (Lipinski definition) is 2. The summed E-state index contributed by atoms with van der Waals surface area (Å²) in [6.45, 7) is 7.17. The molecule has 2 aromatic rings. The van der Waals surface area contributed by atoms with Crippen molar-refractivity contribution in [1.82, 2.24) is 0 Å². The molecule has 0 radical (unpaired) electrons. The van der Waals surface area contributed by atoms with E-state index in [0.717, 1.165) is 5.56 Å². The Morgan fingerprint density at radius 1 is 0.976 bits per heavy atom. The Morgan fingerprint density at radius 2 is 1.63 bits per heavy atom. The van der Waals surface area contributed by atoms with Crippen molar-refractivity contribution >= 4 is 43.5 Å². The van der Waals surface area contributed by atoms with Gasteiger partial charge in [-0.3, -0.25) is 14.6 Å². The second-order valence-corrected chi connectivity index (χ2v) is 15.6. The molecule has 12 heteroatoms. The van der Waals surface area contributed by atoms with Crippen molar-refractivity contribution in [3.8, 4) is 0 Å². The Hall–Kier alpha value is -3.45. The van der Waals surface area contributed by atoms with Gasteiger partial charge in [0.15, 0.2) is 13.9 Å². The van der Waals surface area contributed by atoms with Gasteiger partial charge in [-0.1, -0.05) is 19.1 Å². The number of amides is 3. The lowest BCUT2D eigenvalue weighted by molar-refractivity contribution is -0.146. The SMILES string of the molecule is C[C@H]1[C@H]([Si](C)(C)O)[C@@H](CCO)O[C@]12C(=O)N(Cc1cccc(N3CCOC3=O)c1)c1ccc(N3CCOC3=O)cc12. The number of hydrogen-bond acceptors (Lipinski definition) is 8. The number of carbonyl (C=O) groups is 3. The van der Waals surface area contributed by atoms with E-state index in [9.17, 15) is 24.3 Å². The summed E-state index contributed by atoms with van der Waals surface area (Å²) in [5.74, 6) is -0.649. The van der Waals surface area contributed by atoms with Crippen LogP contribution in [0.4, 0.5) is 26.7 Å². The highest BCUT2D eigenvalue weighted by Crippen LogP contribution is 2.60. The zero-order chi connectivity index (χ0) is 29.1. The third-order valence-electron chi connectivity index (χ3n) is 8.78. The molecular formula is C29H35N3O8Si. The smallest absolute Gasteiger partial charge is 0.414 e. The summed E-state index contributed by atoms with van der Waals surface area (Å²) in [6, 6.07) is 12.9. The number of benzene rings is 2. The lowest BCUT2D eigenvalue weighted by Gasteiger charge is -2.32. The molecule has 0 saturated carbocycles. The van der Waals surface area contributed by atoms with E-state index in [-0.39, 0.29) is 31.2 Å². The molecule has 0 aliphatic carbocycles. The minimum absolute atomic E-state index is 0.134. The summed E-state index contributed by atoms with van der Waals surface area (Å²) < 4.78 is 16.9. The molecule has 218 valence electrons. The first-order valence-corrected chi connectivity index (χ1v) is 17.0. The van der Waals surface area contributed by atoms with Crippen LogP contribution in [0.3, 0.4) is 0 Å². The van der Waals surface area contributed by atoms with Crippen LogP contribution in [0.25, 0.3) is 0 Å². The Morgan fingerprint density at radius 3 is 2.22 bits per heavy atom. The van der Waals surface area contributed by atoms with Crippen LogP contribution in [0.15, 0.2) is 42.5 Å². The topological polar surface area (TPSA) is 129 Å². The highest BCUT2D eigenvalue weighted by atomic mass is 28.4. The lowest BCUT2D eigenvalue weighted by atomic mass is 9.82. The summed E-state index contributed by atoms with van der Waals surface area (Å²) in [6.07, 6.45) is -1.06. The van der Waals surface area contributed by atoms with E-state index >= 15 is 0 Å². The van der Waals surface area contributed by atoms with Crippen molar-refractivity contribution < 1.29 is 38.5 Å². The molecule has 41 heavy (non-hydrogen) atoms. The van der Waals surface area contributed by atoms with Gasteiger partial charge in [0.05, 0.1) is 31.4 Å². The van der Waals surface area contributed by atoms with Gasteiger partial charge in [-0.15, -0.1) is 0 Å². The molecule has 2 aromatic carbocycles. The van der Waals surface area contributed by atoms with Crippen LogP contribution in [0, 0.1) is 5.92 Å². The number of carbonyl (C=O) groups excluding carboxylic acids is 3. The van der Waals surface area contributed by atoms with Gasteiger partial charge in [0.25, 0.3) is 5.91 Å². The molecule has 6 rings (SSSR count). The minimum atomic E-state index is -2.85. The Kier molecular flexibility index (Phi) is 6.84. The van der Waals surface area contributed by atoms with Gasteiger partial charge in [0.1, 0.15) is 13.2 Å². The molecular weight excluding hydrogens is 546 g/mol. The highest BCUT2D eigenvalue weighted by Gasteiger charge is 2.66. The molecule has 3 fully saturated rings. The maximum Gasteiger partial charge on any atom is 0.414 e. The first kappa shape index (κ1) is 27.7. The van der Waals surface area contributed by atoms with E-state index in [1.807, 2.05) is 56.4 Å². The predicted octanol–water partition coefficient (Wildman–Crippen LogP) is 3.33. The summed E-state index contributed by atoms with van der Waals surface area (Å²) in [5.41, 5.74) is 1.69. The summed E-state index contributed by atoms with van der Waals surface area (Å²) in [4.78, 5) is 55.3. The first-order valence-electron chi connectivity index (χ1n) is 14.0. The van der Waals surface area contributed by atoms with Gasteiger partial charge in [0.2, 0.25) is 0 Å². The quantitative estimate of drug-likeness (QED) is 0.477. The van der Waals surface area contributed by atoms with Crippen LogP contribution in [0.1, 0.15) is 24.5 Å². The highest BCUT2D eigenvalue weighted by molar-refractivity contribution is 6.71. The third kappa shape index (κ3) is 4.40. The van der Waals surface area contributed by atoms with Gasteiger partial charge in [-0.25, -0.2) is 9.59 Å². The maximum atomic E-state index is 14.6. The maximum absolute atomic E-state index is 14.6. The van der Waals surface area contributed by atoms with Crippen LogP contribution in [0.2, 0.25) is 18.6 Å². The van der Waals surface area contributed by atoms with Gasteiger partial charge in [-0.05, 0) is 55.4 Å². The van der Waals surface area contributed by atoms with E-state index in [2.05, 4.69) is 0 Å². The summed E-state index contributed by atoms with van der Waals surface area (Å²) in [5, 5.41) is 9.85. The second kappa shape index (κ2) is 10.1. The third-order valence-corrected chi connectivity index (χ3v) is 11.3. The Balaban J connectivity index is 1.43. The van der Waals surface area contributed by atoms with Crippen molar-refractivity contribution in [1.29, 1.82) is 0 Å². The number of aliphatic hydroxyl groups is 1. The number of cyclic esters (lactones) is 2. The van der Waals surface area contributed by atoms with Gasteiger partial charge >= 0.3 is 12.2 Å². The fraction of sp³-hybridized carbons (Fsp3) is 0.483. The number of anilines is 3. The molecule has 4 heterocycles. The van der Waals surface area contributed by atoms with Crippen LogP contribution < -0.4 is 14.7 Å². The zero-order valence-electron chi connectivity index (χ0n) is 23.4. The van der Waals surface area contributed by atoms with E-state index in [4.69, 9.17) is 14.2 Å². The van der Waals surface area contributed by atoms with Crippen LogP contribution in [-0.4, -0.2) is 75.3 Å². The molecule has 3 saturated heterocycles. The van der Waals surface area contributed by atoms with Gasteiger partial charge in [-0.2, -0.15) is 0 Å². The summed E-state index contributed by atoms with van der Waals surface area (Å²) >= 11 is 0. The van der Waals surface area contributed by atoms with E-state index < -0.39 is 38.1 Å². The van der Waals surface area contributed by atoms with Gasteiger partial charge in [0, 0.05) is 35.0 Å². The molecule has 4 aliphatic heterocycles. The van der Waals surface area contributed by atoms with Crippen molar-refractivity contribution in [2.24, 2.45) is 5.92 Å². The molecule has 4 aliphatic rings. The van der Waals surface area contributed by atoms with Crippen molar-refractivity contribution in [3.63, 3.8) is 0 Å². The minimum Gasteiger partial charge on any atom is -0.447 e. The van der Waals surface area contributed by atoms with Crippen LogP contribution in [0.5, 0.6) is 0 Å². The molecule has 0 aromatic heterocycles. The molecule has 0 unspecified atom stereocenters. The van der Waals surface area contributed by atoms with Crippen molar-refractivity contribution in [2.75, 3.05) is 47.6 Å². The van der Waals surface area contributed by atoms with Gasteiger partial charge < -0.3 is 29.0 Å². The summed E-state index contributed by atoms with van der Waals surface area (Å²) in [7, 11) is -2.85. The van der Waals surface area contributed by atoms with E-state index in [1.54, 1.807) is 15.9 Å². The standard InChI is InChI=1S/C29H35N3O8Si/c1-18-25(41(2,3)37)24(9-12-33)40-29(18)22-16-21(31-11-14-39-28(31)36)7-8-23(22)32(26(29)34)17-19-5-4-6-20(15-19)30-10-13-38-27(30)35/h4-8,15-16,18,24-25,33,37H,9-14,17H2,1-3H3/t18-,24+,25-,29+/m0/s1. The first-order chi connectivity index (χ1) is 19.6. The van der Waals surface area contributed by atoms with Crippen molar-refractivity contribution in [3.05, 3.63) is 53.6 Å². The number of aliphatic hydroxyl groups excluding tert-OH is 1. The predicted molar refractivity (Wildman–Crippen MR) is 152 cm³/mol. The fourth-order valence-electron chi connectivity index (χ4n) is 7.05. The average Bonchev–Trinajstić information content (AvgIpc) is 3.67. The molecule has 11 nitrogen and oxygen atoms in total. The van der Waals surface area contributed by atoms with E-state index in [1.165, 1.54) is 4.90 Å².